The maximum absolute atomic E-state index is 12.9. The number of allylic oxidation sites excluding steroid dienone is 2. The molecule has 21 heavy (non-hydrogen) atoms. The molecule has 108 valence electrons. The number of hydrogen-bond donors (Lipinski definition) is 2. The summed E-state index contributed by atoms with van der Waals surface area (Å²) in [6.45, 7) is 3.96. The lowest BCUT2D eigenvalue weighted by Crippen LogP contribution is -2.02. The minimum Gasteiger partial charge on any atom is -0.336 e. The molecule has 2 aromatic rings. The molecule has 0 aliphatic rings. The fraction of sp³-hybridized carbons (Fsp3) is 0.188. The Hall–Kier alpha value is -2.56. The van der Waals surface area contributed by atoms with E-state index in [1.165, 1.54) is 18.3 Å². The van der Waals surface area contributed by atoms with Crippen LogP contribution in [0.15, 0.2) is 36.5 Å². The van der Waals surface area contributed by atoms with Crippen LogP contribution in [0.1, 0.15) is 35.7 Å². The van der Waals surface area contributed by atoms with Crippen LogP contribution < -0.4 is 0 Å². The zero-order valence-electron chi connectivity index (χ0n) is 11.9. The van der Waals surface area contributed by atoms with Gasteiger partial charge in [-0.25, -0.2) is 9.37 Å². The molecule has 0 radical (unpaired) electrons. The van der Waals surface area contributed by atoms with Crippen molar-refractivity contribution in [2.45, 2.75) is 13.8 Å². The number of H-pyrrole nitrogens is 1. The second-order valence-corrected chi connectivity index (χ2v) is 4.98. The molecule has 2 N–H and O–H groups in total. The van der Waals surface area contributed by atoms with Crippen molar-refractivity contribution >= 4 is 17.6 Å². The van der Waals surface area contributed by atoms with Gasteiger partial charge >= 0.3 is 0 Å². The number of carbonyl (C=O) groups excluding carboxylic acids is 1. The predicted molar refractivity (Wildman–Crippen MR) is 80.0 cm³/mol. The van der Waals surface area contributed by atoms with E-state index in [-0.39, 0.29) is 17.4 Å². The first-order valence-corrected chi connectivity index (χ1v) is 6.58. The molecule has 0 aliphatic carbocycles. The lowest BCUT2D eigenvalue weighted by molar-refractivity contribution is 0.111. The number of halogens is 1. The van der Waals surface area contributed by atoms with Crippen LogP contribution in [0.25, 0.3) is 5.57 Å². The number of aromatic nitrogens is 2. The van der Waals surface area contributed by atoms with Crippen LogP contribution in [0.2, 0.25) is 0 Å². The third kappa shape index (κ3) is 3.51. The molecule has 0 atom stereocenters. The molecule has 1 heterocycles. The number of aromatic amines is 1. The molecule has 1 aromatic carbocycles. The number of hydrogen-bond acceptors (Lipinski definition) is 3. The first kappa shape index (κ1) is 14.8. The Kier molecular flexibility index (Phi) is 4.42. The first-order chi connectivity index (χ1) is 10.0. The summed E-state index contributed by atoms with van der Waals surface area (Å²) >= 11 is 0. The molecule has 0 saturated carbocycles. The van der Waals surface area contributed by atoms with Gasteiger partial charge in [-0.2, -0.15) is 0 Å². The Morgan fingerprint density at radius 1 is 1.33 bits per heavy atom. The summed E-state index contributed by atoms with van der Waals surface area (Å²) in [5.41, 5.74) is 2.10. The van der Waals surface area contributed by atoms with Crippen molar-refractivity contribution in [3.63, 3.8) is 0 Å². The first-order valence-electron chi connectivity index (χ1n) is 6.58. The minimum absolute atomic E-state index is 0.122. The third-order valence-electron chi connectivity index (χ3n) is 3.07. The van der Waals surface area contributed by atoms with Gasteiger partial charge in [0.25, 0.3) is 0 Å². The van der Waals surface area contributed by atoms with Crippen LogP contribution >= 0.6 is 0 Å². The molecular formula is C16H16FN3O. The van der Waals surface area contributed by atoms with E-state index < -0.39 is 0 Å². The van der Waals surface area contributed by atoms with Crippen LogP contribution in [0.3, 0.4) is 0 Å². The lowest BCUT2D eigenvalue weighted by atomic mass is 9.98. The number of imidazole rings is 1. The van der Waals surface area contributed by atoms with Gasteiger partial charge in [-0.05, 0) is 47.4 Å². The van der Waals surface area contributed by atoms with Gasteiger partial charge in [-0.1, -0.05) is 13.8 Å². The van der Waals surface area contributed by atoms with Gasteiger partial charge in [-0.15, -0.1) is 0 Å². The highest BCUT2D eigenvalue weighted by molar-refractivity contribution is 6.10. The number of benzene rings is 1. The molecule has 0 spiro atoms. The molecule has 0 unspecified atom stereocenters. The van der Waals surface area contributed by atoms with Gasteiger partial charge in [0.15, 0.2) is 6.29 Å². The van der Waals surface area contributed by atoms with E-state index in [1.807, 2.05) is 13.8 Å². The average molecular weight is 285 g/mol. The molecule has 0 fully saturated rings. The Labute approximate surface area is 122 Å². The second kappa shape index (κ2) is 6.26. The number of aldehydes is 1. The summed E-state index contributed by atoms with van der Waals surface area (Å²) in [5.74, 6) is 0.358. The zero-order valence-corrected chi connectivity index (χ0v) is 11.9. The summed E-state index contributed by atoms with van der Waals surface area (Å²) in [6, 6.07) is 5.77. The highest BCUT2D eigenvalue weighted by Crippen LogP contribution is 2.21. The van der Waals surface area contributed by atoms with Crippen LogP contribution in [0, 0.1) is 17.1 Å². The molecule has 0 amide bonds. The van der Waals surface area contributed by atoms with E-state index in [4.69, 9.17) is 5.41 Å². The van der Waals surface area contributed by atoms with Crippen LogP contribution in [0.5, 0.6) is 0 Å². The fourth-order valence-corrected chi connectivity index (χ4v) is 1.92. The topological polar surface area (TPSA) is 69.6 Å². The molecule has 1 aromatic heterocycles. The fourth-order valence-electron chi connectivity index (χ4n) is 1.92. The number of rotatable bonds is 5. The van der Waals surface area contributed by atoms with Crippen molar-refractivity contribution in [2.24, 2.45) is 5.92 Å². The normalized spacial score (nSPS) is 11.7. The monoisotopic (exact) mass is 285 g/mol. The van der Waals surface area contributed by atoms with E-state index in [0.29, 0.717) is 23.4 Å². The van der Waals surface area contributed by atoms with E-state index in [9.17, 15) is 9.18 Å². The highest BCUT2D eigenvalue weighted by atomic mass is 19.1. The van der Waals surface area contributed by atoms with Crippen molar-refractivity contribution in [1.82, 2.24) is 9.97 Å². The Morgan fingerprint density at radius 3 is 2.52 bits per heavy atom. The van der Waals surface area contributed by atoms with Gasteiger partial charge in [0.05, 0.1) is 17.6 Å². The van der Waals surface area contributed by atoms with E-state index >= 15 is 0 Å². The van der Waals surface area contributed by atoms with Crippen LogP contribution in [0.4, 0.5) is 4.39 Å². The largest absolute Gasteiger partial charge is 0.336 e. The Balaban J connectivity index is 2.35. The summed E-state index contributed by atoms with van der Waals surface area (Å²) in [5, 5.41) is 8.11. The van der Waals surface area contributed by atoms with Gasteiger partial charge in [0.2, 0.25) is 0 Å². The molecule has 2 rings (SSSR count). The van der Waals surface area contributed by atoms with E-state index in [2.05, 4.69) is 9.97 Å². The van der Waals surface area contributed by atoms with Crippen LogP contribution in [-0.2, 0) is 0 Å². The van der Waals surface area contributed by atoms with Gasteiger partial charge in [0.1, 0.15) is 11.6 Å². The smallest absolute Gasteiger partial charge is 0.167 e. The highest BCUT2D eigenvalue weighted by Gasteiger charge is 2.12. The summed E-state index contributed by atoms with van der Waals surface area (Å²) in [6.07, 6.45) is 3.84. The summed E-state index contributed by atoms with van der Waals surface area (Å²) in [4.78, 5) is 17.8. The van der Waals surface area contributed by atoms with Crippen LogP contribution in [-0.4, -0.2) is 22.0 Å². The van der Waals surface area contributed by atoms with Crippen molar-refractivity contribution in [1.29, 1.82) is 5.41 Å². The van der Waals surface area contributed by atoms with Gasteiger partial charge in [-0.3, -0.25) is 4.79 Å². The maximum Gasteiger partial charge on any atom is 0.167 e. The number of carbonyl (C=O) groups is 1. The molecule has 0 saturated heterocycles. The Morgan fingerprint density at radius 2 is 2.00 bits per heavy atom. The maximum atomic E-state index is 12.9. The van der Waals surface area contributed by atoms with Crippen molar-refractivity contribution < 1.29 is 9.18 Å². The van der Waals surface area contributed by atoms with Crippen molar-refractivity contribution in [3.05, 3.63) is 59.4 Å². The SMILES string of the molecule is CC(C)/C(=C/C(=N)c1ccc(F)cc1)c1ncc(C=O)[nH]1. The lowest BCUT2D eigenvalue weighted by Gasteiger charge is -2.09. The van der Waals surface area contributed by atoms with E-state index in [0.717, 1.165) is 5.57 Å². The quantitative estimate of drug-likeness (QED) is 0.652. The summed E-state index contributed by atoms with van der Waals surface area (Å²) in [7, 11) is 0. The molecular weight excluding hydrogens is 269 g/mol. The third-order valence-corrected chi connectivity index (χ3v) is 3.07. The summed E-state index contributed by atoms with van der Waals surface area (Å²) < 4.78 is 12.9. The molecule has 0 bridgehead atoms. The standard InChI is InChI=1S/C16H16FN3O/c1-10(2)14(16-19-8-13(9-21)20-16)7-15(18)11-3-5-12(17)6-4-11/h3-10,18H,1-2H3,(H,19,20)/b14-7-,18-15?. The molecule has 4 nitrogen and oxygen atoms in total. The van der Waals surface area contributed by atoms with Crippen molar-refractivity contribution in [2.75, 3.05) is 0 Å². The van der Waals surface area contributed by atoms with Gasteiger partial charge in [0, 0.05) is 0 Å². The number of nitrogens with one attached hydrogen (secondary N) is 2. The zero-order chi connectivity index (χ0) is 15.4. The average Bonchev–Trinajstić information content (AvgIpc) is 2.93. The molecule has 5 heteroatoms. The van der Waals surface area contributed by atoms with E-state index in [1.54, 1.807) is 18.2 Å². The number of nitrogens with zero attached hydrogens (tertiary/aromatic N) is 1. The minimum atomic E-state index is -0.332. The van der Waals surface area contributed by atoms with Crippen molar-refractivity contribution in [3.8, 4) is 0 Å². The Bertz CT molecular complexity index is 684. The predicted octanol–water partition coefficient (Wildman–Crippen LogP) is 3.47. The molecule has 0 aliphatic heterocycles. The second-order valence-electron chi connectivity index (χ2n) is 4.98. The van der Waals surface area contributed by atoms with Gasteiger partial charge < -0.3 is 10.4 Å².